The van der Waals surface area contributed by atoms with E-state index in [0.717, 1.165) is 25.7 Å². The van der Waals surface area contributed by atoms with E-state index in [4.69, 9.17) is 17.3 Å². The van der Waals surface area contributed by atoms with E-state index in [0.29, 0.717) is 0 Å². The topological polar surface area (TPSA) is 72.2 Å². The van der Waals surface area contributed by atoms with Crippen molar-refractivity contribution in [2.24, 2.45) is 11.7 Å². The molecule has 0 spiro atoms. The number of hydrogen-bond donors (Lipinski definition) is 2. The summed E-state index contributed by atoms with van der Waals surface area (Å²) in [5, 5.41) is 2.81. The zero-order chi connectivity index (χ0) is 10.6. The summed E-state index contributed by atoms with van der Waals surface area (Å²) in [7, 11) is 0. The molecule has 0 saturated heterocycles. The molecule has 0 aromatic heterocycles. The van der Waals surface area contributed by atoms with Gasteiger partial charge in [0.25, 0.3) is 0 Å². The summed E-state index contributed by atoms with van der Waals surface area (Å²) in [6, 6.07) is 0.164. The van der Waals surface area contributed by atoms with E-state index in [9.17, 15) is 9.59 Å². The summed E-state index contributed by atoms with van der Waals surface area (Å²) >= 11 is 5.36. The molecule has 3 N–H and O–H groups in total. The second kappa shape index (κ2) is 5.20. The predicted molar refractivity (Wildman–Crippen MR) is 53.8 cm³/mol. The first-order chi connectivity index (χ1) is 6.63. The largest absolute Gasteiger partial charge is 0.369 e. The maximum Gasteiger partial charge on any atom is 0.235 e. The second-order valence-electron chi connectivity index (χ2n) is 3.65. The Kier molecular flexibility index (Phi) is 4.20. The summed E-state index contributed by atoms with van der Waals surface area (Å²) < 4.78 is 0. The van der Waals surface area contributed by atoms with Crippen molar-refractivity contribution in [1.82, 2.24) is 5.32 Å². The van der Waals surface area contributed by atoms with Crippen molar-refractivity contribution in [1.29, 1.82) is 0 Å². The Morgan fingerprint density at radius 2 is 1.86 bits per heavy atom. The summed E-state index contributed by atoms with van der Waals surface area (Å²) in [5.41, 5.74) is 5.19. The van der Waals surface area contributed by atoms with Gasteiger partial charge in [0, 0.05) is 12.0 Å². The van der Waals surface area contributed by atoms with Gasteiger partial charge in [-0.3, -0.25) is 9.59 Å². The van der Waals surface area contributed by atoms with E-state index < -0.39 is 0 Å². The number of nitrogens with one attached hydrogen (secondary N) is 1. The number of hydrogen-bond acceptors (Lipinski definition) is 2. The molecule has 1 rings (SSSR count). The van der Waals surface area contributed by atoms with Crippen molar-refractivity contribution in [3.63, 3.8) is 0 Å². The maximum atomic E-state index is 11.0. The highest BCUT2D eigenvalue weighted by Gasteiger charge is 2.25. The lowest BCUT2D eigenvalue weighted by Crippen LogP contribution is -2.40. The van der Waals surface area contributed by atoms with E-state index >= 15 is 0 Å². The highest BCUT2D eigenvalue weighted by atomic mass is 35.5. The molecule has 80 valence electrons. The van der Waals surface area contributed by atoms with Crippen LogP contribution >= 0.6 is 11.6 Å². The highest BCUT2D eigenvalue weighted by molar-refractivity contribution is 6.27. The smallest absolute Gasteiger partial charge is 0.235 e. The van der Waals surface area contributed by atoms with Crippen LogP contribution < -0.4 is 11.1 Å². The molecule has 0 aromatic carbocycles. The fraction of sp³-hybridized carbons (Fsp3) is 0.778. The van der Waals surface area contributed by atoms with Gasteiger partial charge in [-0.25, -0.2) is 0 Å². The highest BCUT2D eigenvalue weighted by Crippen LogP contribution is 2.23. The number of amides is 2. The molecule has 1 aliphatic rings. The molecule has 1 fully saturated rings. The van der Waals surface area contributed by atoms with Crippen molar-refractivity contribution in [3.05, 3.63) is 0 Å². The zero-order valence-corrected chi connectivity index (χ0v) is 8.72. The van der Waals surface area contributed by atoms with Crippen LogP contribution in [0.4, 0.5) is 0 Å². The Labute approximate surface area is 88.2 Å². The van der Waals surface area contributed by atoms with Gasteiger partial charge in [-0.05, 0) is 25.7 Å². The number of carbonyl (C=O) groups excluding carboxylic acids is 2. The number of nitrogens with two attached hydrogens (primary N) is 1. The molecule has 0 atom stereocenters. The Bertz CT molecular complexity index is 225. The van der Waals surface area contributed by atoms with Crippen molar-refractivity contribution < 1.29 is 9.59 Å². The monoisotopic (exact) mass is 218 g/mol. The lowest BCUT2D eigenvalue weighted by molar-refractivity contribution is -0.122. The molecule has 14 heavy (non-hydrogen) atoms. The van der Waals surface area contributed by atoms with E-state index in [1.54, 1.807) is 0 Å². The summed E-state index contributed by atoms with van der Waals surface area (Å²) in [6.45, 7) is 0. The first-order valence-electron chi connectivity index (χ1n) is 4.78. The van der Waals surface area contributed by atoms with Crippen molar-refractivity contribution in [2.45, 2.75) is 31.7 Å². The van der Waals surface area contributed by atoms with Gasteiger partial charge in [0.15, 0.2) is 0 Å². The van der Waals surface area contributed by atoms with E-state index in [-0.39, 0.29) is 29.7 Å². The lowest BCUT2D eigenvalue weighted by atomic mass is 9.85. The summed E-state index contributed by atoms with van der Waals surface area (Å²) in [4.78, 5) is 21.8. The van der Waals surface area contributed by atoms with Gasteiger partial charge in [-0.1, -0.05) is 0 Å². The third-order valence-electron chi connectivity index (χ3n) is 2.62. The van der Waals surface area contributed by atoms with Crippen LogP contribution in [0.3, 0.4) is 0 Å². The zero-order valence-electron chi connectivity index (χ0n) is 7.96. The number of halogens is 1. The van der Waals surface area contributed by atoms with Gasteiger partial charge in [0.05, 0.1) is 0 Å². The molecule has 4 nitrogen and oxygen atoms in total. The molecule has 0 heterocycles. The minimum absolute atomic E-state index is 0.00422. The second-order valence-corrected chi connectivity index (χ2v) is 3.92. The lowest BCUT2D eigenvalue weighted by Gasteiger charge is -2.27. The number of alkyl halides is 1. The average Bonchev–Trinajstić information content (AvgIpc) is 2.18. The minimum atomic E-state index is -0.230. The molecule has 1 aliphatic carbocycles. The summed E-state index contributed by atoms with van der Waals surface area (Å²) in [5.74, 6) is -0.393. The van der Waals surface area contributed by atoms with Gasteiger partial charge < -0.3 is 11.1 Å². The van der Waals surface area contributed by atoms with Crippen molar-refractivity contribution in [3.8, 4) is 0 Å². The van der Waals surface area contributed by atoms with Crippen LogP contribution in [0.1, 0.15) is 25.7 Å². The van der Waals surface area contributed by atoms with Crippen LogP contribution in [0, 0.1) is 5.92 Å². The Morgan fingerprint density at radius 1 is 1.29 bits per heavy atom. The van der Waals surface area contributed by atoms with Gasteiger partial charge in [0.1, 0.15) is 5.88 Å². The molecule has 2 amide bonds. The fourth-order valence-corrected chi connectivity index (χ4v) is 1.87. The molecular weight excluding hydrogens is 204 g/mol. The molecule has 0 bridgehead atoms. The quantitative estimate of drug-likeness (QED) is 0.673. The molecule has 5 heteroatoms. The van der Waals surface area contributed by atoms with Crippen LogP contribution in [0.2, 0.25) is 0 Å². The van der Waals surface area contributed by atoms with Crippen LogP contribution in [0.15, 0.2) is 0 Å². The fourth-order valence-electron chi connectivity index (χ4n) is 1.79. The van der Waals surface area contributed by atoms with Crippen LogP contribution in [0.5, 0.6) is 0 Å². The first-order valence-corrected chi connectivity index (χ1v) is 5.31. The van der Waals surface area contributed by atoms with Crippen LogP contribution in [0.25, 0.3) is 0 Å². The van der Waals surface area contributed by atoms with E-state index in [2.05, 4.69) is 5.32 Å². The SMILES string of the molecule is NC(=O)C1CCC(NC(=O)CCl)CC1. The standard InChI is InChI=1S/C9H15ClN2O2/c10-5-8(13)12-7-3-1-6(2-4-7)9(11)14/h6-7H,1-5H2,(H2,11,14)(H,12,13). The first kappa shape index (κ1) is 11.3. The molecule has 1 saturated carbocycles. The third-order valence-corrected chi connectivity index (χ3v) is 2.86. The molecule has 0 aliphatic heterocycles. The Balaban J connectivity index is 2.29. The van der Waals surface area contributed by atoms with Gasteiger partial charge in [0.2, 0.25) is 11.8 Å². The van der Waals surface area contributed by atoms with Crippen LogP contribution in [-0.4, -0.2) is 23.7 Å². The van der Waals surface area contributed by atoms with Gasteiger partial charge in [-0.2, -0.15) is 0 Å². The van der Waals surface area contributed by atoms with Gasteiger partial charge >= 0.3 is 0 Å². The van der Waals surface area contributed by atoms with E-state index in [1.807, 2.05) is 0 Å². The van der Waals surface area contributed by atoms with Crippen molar-refractivity contribution in [2.75, 3.05) is 5.88 Å². The molecule has 0 unspecified atom stereocenters. The number of carbonyl (C=O) groups is 2. The van der Waals surface area contributed by atoms with Crippen LogP contribution in [-0.2, 0) is 9.59 Å². The minimum Gasteiger partial charge on any atom is -0.369 e. The summed E-state index contributed by atoms with van der Waals surface area (Å²) in [6.07, 6.45) is 3.16. The third kappa shape index (κ3) is 3.18. The Hall–Kier alpha value is -0.770. The molecule has 0 radical (unpaired) electrons. The predicted octanol–water partition coefficient (Wildman–Crippen LogP) is 0.385. The normalized spacial score (nSPS) is 26.9. The Morgan fingerprint density at radius 3 is 2.29 bits per heavy atom. The maximum absolute atomic E-state index is 11.0. The molecular formula is C9H15ClN2O2. The van der Waals surface area contributed by atoms with Gasteiger partial charge in [-0.15, -0.1) is 11.6 Å². The number of primary amides is 1. The molecule has 0 aromatic rings. The van der Waals surface area contributed by atoms with Crippen molar-refractivity contribution >= 4 is 23.4 Å². The average molecular weight is 219 g/mol. The number of rotatable bonds is 3. The van der Waals surface area contributed by atoms with E-state index in [1.165, 1.54) is 0 Å².